The summed E-state index contributed by atoms with van der Waals surface area (Å²) in [6, 6.07) is 26.0. The highest BCUT2D eigenvalue weighted by atomic mass is 16.6. The molecular formula is C39H45N5O6. The highest BCUT2D eigenvalue weighted by molar-refractivity contribution is 5.92. The van der Waals surface area contributed by atoms with E-state index in [1.165, 1.54) is 12.1 Å². The smallest absolute Gasteiger partial charge is 0.411 e. The van der Waals surface area contributed by atoms with Crippen molar-refractivity contribution in [1.29, 1.82) is 0 Å². The second kappa shape index (κ2) is 16.4. The van der Waals surface area contributed by atoms with Crippen molar-refractivity contribution in [2.45, 2.75) is 58.4 Å². The largest absolute Gasteiger partial charge is 0.506 e. The first-order valence-electron chi connectivity index (χ1n) is 16.8. The Morgan fingerprint density at radius 3 is 2.36 bits per heavy atom. The molecule has 0 spiro atoms. The highest BCUT2D eigenvalue weighted by Crippen LogP contribution is 2.30. The van der Waals surface area contributed by atoms with Crippen molar-refractivity contribution in [3.8, 4) is 16.9 Å². The fourth-order valence-corrected chi connectivity index (χ4v) is 6.06. The van der Waals surface area contributed by atoms with Crippen molar-refractivity contribution in [2.75, 3.05) is 35.6 Å². The lowest BCUT2D eigenvalue weighted by molar-refractivity contribution is -0.116. The highest BCUT2D eigenvalue weighted by Gasteiger charge is 2.25. The van der Waals surface area contributed by atoms with E-state index >= 15 is 0 Å². The Balaban J connectivity index is 1.06. The van der Waals surface area contributed by atoms with Gasteiger partial charge in [0.1, 0.15) is 17.6 Å². The van der Waals surface area contributed by atoms with Crippen LogP contribution in [0.15, 0.2) is 84.9 Å². The van der Waals surface area contributed by atoms with Crippen molar-refractivity contribution >= 4 is 35.5 Å². The number of likely N-dealkylation sites (tertiary alicyclic amines) is 1. The van der Waals surface area contributed by atoms with Gasteiger partial charge in [0, 0.05) is 49.4 Å². The lowest BCUT2D eigenvalue weighted by Gasteiger charge is -2.31. The molecule has 50 heavy (non-hydrogen) atoms. The van der Waals surface area contributed by atoms with Crippen molar-refractivity contribution in [2.24, 2.45) is 0 Å². The van der Waals surface area contributed by atoms with Gasteiger partial charge in [0.15, 0.2) is 0 Å². The normalized spacial score (nSPS) is 14.7. The number of aryl methyl sites for hydroxylation is 2. The molecule has 1 atom stereocenters. The number of para-hydroxylation sites is 1. The lowest BCUT2D eigenvalue weighted by atomic mass is 10.0. The number of ether oxygens (including phenoxy) is 1. The maximum Gasteiger partial charge on any atom is 0.411 e. The van der Waals surface area contributed by atoms with Crippen molar-refractivity contribution in [3.63, 3.8) is 0 Å². The topological polar surface area (TPSA) is 152 Å². The second-order valence-corrected chi connectivity index (χ2v) is 12.8. The van der Waals surface area contributed by atoms with E-state index in [0.717, 1.165) is 46.6 Å². The molecule has 11 nitrogen and oxygen atoms in total. The number of hydrogen-bond acceptors (Lipinski definition) is 8. The zero-order valence-electron chi connectivity index (χ0n) is 28.7. The molecule has 4 aromatic rings. The second-order valence-electron chi connectivity index (χ2n) is 12.8. The van der Waals surface area contributed by atoms with E-state index < -0.39 is 11.8 Å². The van der Waals surface area contributed by atoms with Crippen LogP contribution in [0.5, 0.6) is 5.75 Å². The molecule has 1 fully saturated rings. The third-order valence-electron chi connectivity index (χ3n) is 9.07. The molecule has 1 aliphatic rings. The maximum absolute atomic E-state index is 12.9. The van der Waals surface area contributed by atoms with E-state index in [1.807, 2.05) is 80.6 Å². The van der Waals surface area contributed by atoms with E-state index in [4.69, 9.17) is 4.74 Å². The monoisotopic (exact) mass is 679 g/mol. The van der Waals surface area contributed by atoms with E-state index in [2.05, 4.69) is 26.2 Å². The number of nitrogens with one attached hydrogen (secondary N) is 4. The molecule has 5 rings (SSSR count). The molecule has 0 bridgehead atoms. The molecule has 1 aliphatic heterocycles. The van der Waals surface area contributed by atoms with Crippen LogP contribution in [0, 0.1) is 13.8 Å². The van der Waals surface area contributed by atoms with E-state index in [9.17, 15) is 24.6 Å². The first kappa shape index (κ1) is 36.1. The summed E-state index contributed by atoms with van der Waals surface area (Å²) in [6.45, 7) is 7.88. The molecule has 262 valence electrons. The summed E-state index contributed by atoms with van der Waals surface area (Å²) in [5.41, 5.74) is 5.39. The number of benzene rings is 4. The molecule has 0 saturated carbocycles. The van der Waals surface area contributed by atoms with Crippen LogP contribution in [-0.4, -0.2) is 59.3 Å². The molecule has 3 amide bonds. The van der Waals surface area contributed by atoms with Crippen molar-refractivity contribution < 1.29 is 29.3 Å². The Morgan fingerprint density at radius 1 is 0.900 bits per heavy atom. The van der Waals surface area contributed by atoms with Gasteiger partial charge in [-0.3, -0.25) is 20.2 Å². The van der Waals surface area contributed by atoms with Crippen LogP contribution in [0.3, 0.4) is 0 Å². The molecule has 4 aromatic carbocycles. The molecule has 0 aromatic heterocycles. The van der Waals surface area contributed by atoms with E-state index in [-0.39, 0.29) is 23.4 Å². The number of carbonyl (C=O) groups is 3. The minimum absolute atomic E-state index is 0.0804. The summed E-state index contributed by atoms with van der Waals surface area (Å²) < 4.78 is 5.75. The van der Waals surface area contributed by atoms with Crippen molar-refractivity contribution in [1.82, 2.24) is 10.2 Å². The van der Waals surface area contributed by atoms with Gasteiger partial charge in [-0.25, -0.2) is 4.79 Å². The summed E-state index contributed by atoms with van der Waals surface area (Å²) >= 11 is 0. The Hall–Kier alpha value is -5.23. The predicted octanol–water partition coefficient (Wildman–Crippen LogP) is 6.24. The van der Waals surface area contributed by atoms with E-state index in [0.29, 0.717) is 50.0 Å². The first-order valence-corrected chi connectivity index (χ1v) is 16.8. The van der Waals surface area contributed by atoms with Gasteiger partial charge in [-0.05, 0) is 80.1 Å². The standard InChI is InChI=1S/C39H45N5O6/c1-26-22-34(27(2)21-29(26)24-41-39(3,49)30-13-14-36(46)35(23-30)40-25-45)42-37(47)17-20-44-18-15-31(16-19-44)50-38(48)43-33-12-8-7-11-32(33)28-9-5-4-6-10-28/h4-14,21-23,25,31,41,46,49H,15-20,24H2,1-3H3,(H,40,45)(H,42,47)(H,43,48). The minimum Gasteiger partial charge on any atom is -0.506 e. The van der Waals surface area contributed by atoms with Crippen LogP contribution in [0.25, 0.3) is 11.1 Å². The summed E-state index contributed by atoms with van der Waals surface area (Å²) in [5.74, 6) is -0.179. The Bertz CT molecular complexity index is 1800. The zero-order valence-corrected chi connectivity index (χ0v) is 28.7. The Labute approximate surface area is 292 Å². The van der Waals surface area contributed by atoms with E-state index in [1.54, 1.807) is 13.0 Å². The van der Waals surface area contributed by atoms with Gasteiger partial charge in [0.25, 0.3) is 0 Å². The third-order valence-corrected chi connectivity index (χ3v) is 9.07. The van der Waals surface area contributed by atoms with Gasteiger partial charge < -0.3 is 30.5 Å². The number of hydrogen-bond donors (Lipinski definition) is 6. The molecule has 1 saturated heterocycles. The SMILES string of the molecule is Cc1cc(NC(=O)CCN2CCC(OC(=O)Nc3ccccc3-c3ccccc3)CC2)c(C)cc1CNC(C)(O)c1ccc(O)c(NC=O)c1. The number of piperidine rings is 1. The molecule has 6 N–H and O–H groups in total. The molecule has 11 heteroatoms. The van der Waals surface area contributed by atoms with Crippen LogP contribution in [0.1, 0.15) is 48.4 Å². The Morgan fingerprint density at radius 2 is 1.62 bits per heavy atom. The van der Waals surface area contributed by atoms with Gasteiger partial charge in [0.05, 0.1) is 11.4 Å². The average molecular weight is 680 g/mol. The van der Waals surface area contributed by atoms with Crippen LogP contribution in [0.2, 0.25) is 0 Å². The lowest BCUT2D eigenvalue weighted by Crippen LogP contribution is -2.39. The number of nitrogens with zero attached hydrogens (tertiary/aromatic N) is 1. The van der Waals surface area contributed by atoms with Gasteiger partial charge in [-0.15, -0.1) is 0 Å². The number of amides is 3. The number of phenolic OH excluding ortho intramolecular Hbond substituents is 1. The molecule has 1 heterocycles. The summed E-state index contributed by atoms with van der Waals surface area (Å²) in [6.07, 6.45) is 1.52. The fourth-order valence-electron chi connectivity index (χ4n) is 6.06. The predicted molar refractivity (Wildman–Crippen MR) is 195 cm³/mol. The molecule has 1 unspecified atom stereocenters. The number of aromatic hydroxyl groups is 1. The zero-order chi connectivity index (χ0) is 35.7. The fraction of sp³-hybridized carbons (Fsp3) is 0.308. The number of carbonyl (C=O) groups excluding carboxylic acids is 3. The van der Waals surface area contributed by atoms with Crippen LogP contribution < -0.4 is 21.3 Å². The van der Waals surface area contributed by atoms with Gasteiger partial charge in [-0.2, -0.15) is 0 Å². The minimum atomic E-state index is -1.44. The summed E-state index contributed by atoms with van der Waals surface area (Å²) in [7, 11) is 0. The first-order chi connectivity index (χ1) is 24.0. The third kappa shape index (κ3) is 9.47. The molecular weight excluding hydrogens is 634 g/mol. The number of anilines is 3. The Kier molecular flexibility index (Phi) is 11.9. The quantitative estimate of drug-likeness (QED) is 0.0552. The molecule has 0 radical (unpaired) electrons. The average Bonchev–Trinajstić information content (AvgIpc) is 3.10. The maximum atomic E-state index is 12.9. The number of aliphatic hydroxyl groups is 1. The van der Waals surface area contributed by atoms with Gasteiger partial charge in [0.2, 0.25) is 12.3 Å². The number of phenols is 1. The van der Waals surface area contributed by atoms with Crippen LogP contribution >= 0.6 is 0 Å². The van der Waals surface area contributed by atoms with Crippen molar-refractivity contribution in [3.05, 3.63) is 107 Å². The summed E-state index contributed by atoms with van der Waals surface area (Å²) in [4.78, 5) is 38.7. The molecule has 0 aliphatic carbocycles. The number of rotatable bonds is 13. The van der Waals surface area contributed by atoms with Crippen LogP contribution in [-0.2, 0) is 26.6 Å². The van der Waals surface area contributed by atoms with Crippen LogP contribution in [0.4, 0.5) is 21.9 Å². The van der Waals surface area contributed by atoms with Gasteiger partial charge in [-0.1, -0.05) is 60.7 Å². The van der Waals surface area contributed by atoms with Gasteiger partial charge >= 0.3 is 6.09 Å². The summed E-state index contributed by atoms with van der Waals surface area (Å²) in [5, 5.41) is 32.5.